The van der Waals surface area contributed by atoms with Gasteiger partial charge in [0.1, 0.15) is 0 Å². The minimum atomic E-state index is 0.573. The molecule has 1 spiro atoms. The number of hydrogen-bond donors (Lipinski definition) is 1. The Kier molecular flexibility index (Phi) is 5.47. The second-order valence-electron chi connectivity index (χ2n) is 8.00. The van der Waals surface area contributed by atoms with Crippen molar-refractivity contribution >= 4 is 5.96 Å². The van der Waals surface area contributed by atoms with Crippen LogP contribution in [0, 0.1) is 5.41 Å². The summed E-state index contributed by atoms with van der Waals surface area (Å²) < 4.78 is 0. The monoisotopic (exact) mass is 321 g/mol. The minimum absolute atomic E-state index is 0.573. The third kappa shape index (κ3) is 4.00. The lowest BCUT2D eigenvalue weighted by Gasteiger charge is -2.37. The smallest absolute Gasteiger partial charge is 0.193 e. The lowest BCUT2D eigenvalue weighted by atomic mass is 9.86. The molecule has 0 aromatic rings. The van der Waals surface area contributed by atoms with E-state index in [1.165, 1.54) is 71.4 Å². The summed E-state index contributed by atoms with van der Waals surface area (Å²) in [5.74, 6) is 1.12. The molecule has 1 N–H and O–H groups in total. The van der Waals surface area contributed by atoms with Crippen LogP contribution < -0.4 is 5.32 Å². The highest BCUT2D eigenvalue weighted by molar-refractivity contribution is 5.80. The second kappa shape index (κ2) is 7.39. The summed E-state index contributed by atoms with van der Waals surface area (Å²) >= 11 is 0. The van der Waals surface area contributed by atoms with Gasteiger partial charge in [-0.3, -0.25) is 9.89 Å². The third-order valence-electron chi connectivity index (χ3n) is 6.33. The van der Waals surface area contributed by atoms with Crippen molar-refractivity contribution in [3.63, 3.8) is 0 Å². The van der Waals surface area contributed by atoms with Crippen molar-refractivity contribution in [1.29, 1.82) is 0 Å². The molecule has 5 heteroatoms. The van der Waals surface area contributed by atoms with Crippen LogP contribution in [0.5, 0.6) is 0 Å². The zero-order valence-corrected chi connectivity index (χ0v) is 15.4. The van der Waals surface area contributed by atoms with Gasteiger partial charge in [-0.1, -0.05) is 12.8 Å². The van der Waals surface area contributed by atoms with E-state index in [1.54, 1.807) is 0 Å². The van der Waals surface area contributed by atoms with Gasteiger partial charge in [0.25, 0.3) is 0 Å². The van der Waals surface area contributed by atoms with Crippen molar-refractivity contribution < 1.29 is 0 Å². The lowest BCUT2D eigenvalue weighted by Crippen LogP contribution is -2.52. The van der Waals surface area contributed by atoms with Crippen molar-refractivity contribution in [2.24, 2.45) is 10.4 Å². The molecule has 132 valence electrons. The predicted molar refractivity (Wildman–Crippen MR) is 97.0 cm³/mol. The van der Waals surface area contributed by atoms with Crippen LogP contribution in [0.1, 0.15) is 39.0 Å². The van der Waals surface area contributed by atoms with Crippen LogP contribution >= 0.6 is 0 Å². The first-order valence-electron chi connectivity index (χ1n) is 9.50. The zero-order valence-electron chi connectivity index (χ0n) is 15.4. The number of rotatable bonds is 3. The van der Waals surface area contributed by atoms with Gasteiger partial charge >= 0.3 is 0 Å². The third-order valence-corrected chi connectivity index (χ3v) is 6.33. The highest BCUT2D eigenvalue weighted by atomic mass is 15.3. The van der Waals surface area contributed by atoms with Gasteiger partial charge in [0.05, 0.1) is 0 Å². The maximum absolute atomic E-state index is 4.56. The maximum atomic E-state index is 4.56. The van der Waals surface area contributed by atoms with Crippen molar-refractivity contribution in [3.05, 3.63) is 0 Å². The summed E-state index contributed by atoms with van der Waals surface area (Å²) in [6.07, 6.45) is 7.08. The van der Waals surface area contributed by atoms with Gasteiger partial charge in [-0.2, -0.15) is 0 Å². The Morgan fingerprint density at radius 3 is 2.43 bits per heavy atom. The summed E-state index contributed by atoms with van der Waals surface area (Å²) in [7, 11) is 4.15. The van der Waals surface area contributed by atoms with E-state index in [-0.39, 0.29) is 0 Å². The number of piperazine rings is 1. The zero-order chi connectivity index (χ0) is 16.3. The quantitative estimate of drug-likeness (QED) is 0.630. The Hall–Kier alpha value is -0.810. The summed E-state index contributed by atoms with van der Waals surface area (Å²) in [5, 5.41) is 3.65. The summed E-state index contributed by atoms with van der Waals surface area (Å²) in [6, 6.07) is 0.573. The normalized spacial score (nSPS) is 27.8. The van der Waals surface area contributed by atoms with Crippen LogP contribution in [0.4, 0.5) is 0 Å². The Morgan fingerprint density at radius 2 is 1.78 bits per heavy atom. The average molecular weight is 322 g/mol. The fourth-order valence-electron chi connectivity index (χ4n) is 4.61. The number of likely N-dealkylation sites (N-methyl/N-ethyl adjacent to an activating group) is 1. The fourth-order valence-corrected chi connectivity index (χ4v) is 4.61. The summed E-state index contributed by atoms with van der Waals surface area (Å²) in [4.78, 5) is 12.1. The Bertz CT molecular complexity index is 408. The first-order chi connectivity index (χ1) is 11.1. The molecule has 23 heavy (non-hydrogen) atoms. The number of aliphatic imine (C=N–C) groups is 1. The topological polar surface area (TPSA) is 34.1 Å². The van der Waals surface area contributed by atoms with Crippen LogP contribution in [0.3, 0.4) is 0 Å². The van der Waals surface area contributed by atoms with E-state index in [9.17, 15) is 0 Å². The number of guanidine groups is 1. The molecule has 0 radical (unpaired) electrons. The van der Waals surface area contributed by atoms with E-state index >= 15 is 0 Å². The van der Waals surface area contributed by atoms with Gasteiger partial charge in [-0.25, -0.2) is 0 Å². The number of nitrogens with one attached hydrogen (secondary N) is 1. The highest BCUT2D eigenvalue weighted by Gasteiger charge is 2.41. The van der Waals surface area contributed by atoms with Gasteiger partial charge in [0.2, 0.25) is 0 Å². The minimum Gasteiger partial charge on any atom is -0.355 e. The molecule has 0 amide bonds. The van der Waals surface area contributed by atoms with E-state index in [1.807, 2.05) is 7.05 Å². The molecule has 2 aliphatic heterocycles. The van der Waals surface area contributed by atoms with Crippen molar-refractivity contribution in [2.45, 2.75) is 45.1 Å². The van der Waals surface area contributed by atoms with Gasteiger partial charge in [0.15, 0.2) is 5.96 Å². The SMILES string of the molecule is CN=C(NCC(C)N1CCN(C)CC1)N1CCC2(CCCC2)C1. The fraction of sp³-hybridized carbons (Fsp3) is 0.944. The van der Waals surface area contributed by atoms with E-state index in [0.717, 1.165) is 12.5 Å². The molecule has 2 heterocycles. The first kappa shape index (κ1) is 17.0. The Balaban J connectivity index is 1.46. The van der Waals surface area contributed by atoms with Gasteiger partial charge in [0, 0.05) is 58.9 Å². The van der Waals surface area contributed by atoms with Crippen LogP contribution in [-0.2, 0) is 0 Å². The summed E-state index contributed by atoms with van der Waals surface area (Å²) in [5.41, 5.74) is 0.612. The second-order valence-corrected chi connectivity index (χ2v) is 8.00. The highest BCUT2D eigenvalue weighted by Crippen LogP contribution is 2.45. The van der Waals surface area contributed by atoms with Crippen LogP contribution in [-0.4, -0.2) is 86.6 Å². The molecular formula is C18H35N5. The van der Waals surface area contributed by atoms with Crippen LogP contribution in [0.15, 0.2) is 4.99 Å². The standard InChI is InChI=1S/C18H35N5/c1-16(22-12-10-21(3)11-13-22)14-20-17(19-2)23-9-8-18(15-23)6-4-5-7-18/h16H,4-15H2,1-3H3,(H,19,20). The average Bonchev–Trinajstić information content (AvgIpc) is 3.19. The van der Waals surface area contributed by atoms with E-state index in [0.29, 0.717) is 11.5 Å². The Morgan fingerprint density at radius 1 is 1.09 bits per heavy atom. The largest absolute Gasteiger partial charge is 0.355 e. The van der Waals surface area contributed by atoms with Gasteiger partial charge < -0.3 is 15.1 Å². The molecule has 3 rings (SSSR count). The molecule has 0 aromatic carbocycles. The molecule has 2 saturated heterocycles. The maximum Gasteiger partial charge on any atom is 0.193 e. The van der Waals surface area contributed by atoms with E-state index in [2.05, 4.69) is 39.0 Å². The predicted octanol–water partition coefficient (Wildman–Crippen LogP) is 1.46. The molecule has 5 nitrogen and oxygen atoms in total. The summed E-state index contributed by atoms with van der Waals surface area (Å²) in [6.45, 7) is 10.5. The number of nitrogens with zero attached hydrogens (tertiary/aromatic N) is 4. The molecule has 1 saturated carbocycles. The molecule has 3 fully saturated rings. The molecule has 3 aliphatic rings. The lowest BCUT2D eigenvalue weighted by molar-refractivity contribution is 0.119. The number of hydrogen-bond acceptors (Lipinski definition) is 3. The van der Waals surface area contributed by atoms with E-state index < -0.39 is 0 Å². The molecule has 1 aliphatic carbocycles. The van der Waals surface area contributed by atoms with E-state index in [4.69, 9.17) is 0 Å². The van der Waals surface area contributed by atoms with Gasteiger partial charge in [-0.05, 0) is 38.6 Å². The van der Waals surface area contributed by atoms with Gasteiger partial charge in [-0.15, -0.1) is 0 Å². The number of likely N-dealkylation sites (tertiary alicyclic amines) is 1. The first-order valence-corrected chi connectivity index (χ1v) is 9.50. The molecular weight excluding hydrogens is 286 g/mol. The van der Waals surface area contributed by atoms with Crippen molar-refractivity contribution in [3.8, 4) is 0 Å². The molecule has 0 aromatic heterocycles. The van der Waals surface area contributed by atoms with Crippen LogP contribution in [0.2, 0.25) is 0 Å². The molecule has 1 atom stereocenters. The van der Waals surface area contributed by atoms with Crippen molar-refractivity contribution in [2.75, 3.05) is 59.9 Å². The molecule has 0 bridgehead atoms. The Labute approximate surface area is 142 Å². The molecule has 1 unspecified atom stereocenters. The van der Waals surface area contributed by atoms with Crippen molar-refractivity contribution in [1.82, 2.24) is 20.0 Å². The van der Waals surface area contributed by atoms with Crippen LogP contribution in [0.25, 0.3) is 0 Å².